The molecule has 3 nitrogen and oxygen atoms in total. The largest absolute Gasteiger partial charge is 0.208 e. The van der Waals surface area contributed by atoms with Gasteiger partial charge in [-0.05, 0) is 25.8 Å². The van der Waals surface area contributed by atoms with Gasteiger partial charge in [-0.1, -0.05) is 86.2 Å². The van der Waals surface area contributed by atoms with Crippen LogP contribution in [0.3, 0.4) is 0 Å². The first-order valence-electron chi connectivity index (χ1n) is 9.55. The lowest BCUT2D eigenvalue weighted by molar-refractivity contribution is 1.01. The molecular weight excluding hydrogens is 330 g/mol. The van der Waals surface area contributed by atoms with E-state index in [1.807, 2.05) is 56.3 Å². The van der Waals surface area contributed by atoms with Gasteiger partial charge in [0.15, 0.2) is 17.5 Å². The van der Waals surface area contributed by atoms with Crippen molar-refractivity contribution in [3.8, 4) is 22.8 Å². The van der Waals surface area contributed by atoms with Gasteiger partial charge < -0.3 is 0 Å². The number of allylic oxidation sites excluding steroid dienone is 4. The lowest BCUT2D eigenvalue weighted by Gasteiger charge is -2.10. The number of aryl methyl sites for hydroxylation is 1. The van der Waals surface area contributed by atoms with Crippen LogP contribution in [0, 0.1) is 6.92 Å². The number of rotatable bonds is 3. The summed E-state index contributed by atoms with van der Waals surface area (Å²) in [6.07, 6.45) is 8.58. The van der Waals surface area contributed by atoms with Crippen LogP contribution >= 0.6 is 0 Å². The average molecular weight is 355 g/mol. The minimum absolute atomic E-state index is 0.710. The van der Waals surface area contributed by atoms with Gasteiger partial charge in [-0.3, -0.25) is 0 Å². The third kappa shape index (κ3) is 4.56. The zero-order chi connectivity index (χ0) is 19.1. The highest BCUT2D eigenvalue weighted by Gasteiger charge is 2.13. The van der Waals surface area contributed by atoms with Crippen LogP contribution in [0.15, 0.2) is 72.8 Å². The van der Waals surface area contributed by atoms with E-state index in [0.717, 1.165) is 35.4 Å². The quantitative estimate of drug-likeness (QED) is 0.555. The van der Waals surface area contributed by atoms with E-state index < -0.39 is 0 Å². The Morgan fingerprint density at radius 1 is 0.704 bits per heavy atom. The van der Waals surface area contributed by atoms with Gasteiger partial charge in [0.2, 0.25) is 0 Å². The summed E-state index contributed by atoms with van der Waals surface area (Å²) in [5, 5.41) is 0. The van der Waals surface area contributed by atoms with Gasteiger partial charge in [-0.2, -0.15) is 0 Å². The molecule has 0 saturated heterocycles. The van der Waals surface area contributed by atoms with E-state index in [9.17, 15) is 0 Å². The van der Waals surface area contributed by atoms with Gasteiger partial charge >= 0.3 is 0 Å². The van der Waals surface area contributed by atoms with Crippen LogP contribution in [-0.4, -0.2) is 15.0 Å². The molecule has 136 valence electrons. The fraction of sp³-hybridized carbons (Fsp3) is 0.208. The highest BCUT2D eigenvalue weighted by atomic mass is 15.0. The summed E-state index contributed by atoms with van der Waals surface area (Å²) < 4.78 is 0. The molecule has 3 aromatic rings. The summed E-state index contributed by atoms with van der Waals surface area (Å²) in [5.41, 5.74) is 4.28. The van der Waals surface area contributed by atoms with Crippen molar-refractivity contribution in [2.24, 2.45) is 0 Å². The summed E-state index contributed by atoms with van der Waals surface area (Å²) in [5.74, 6) is 2.16. The number of hydrogen-bond acceptors (Lipinski definition) is 3. The Morgan fingerprint density at radius 2 is 1.37 bits per heavy atom. The molecule has 0 bridgehead atoms. The highest BCUT2D eigenvalue weighted by molar-refractivity contribution is 5.73. The fourth-order valence-electron chi connectivity index (χ4n) is 2.91. The molecule has 0 saturated carbocycles. The molecule has 3 heteroatoms. The molecule has 0 aliphatic heterocycles. The molecule has 0 N–H and O–H groups in total. The van der Waals surface area contributed by atoms with Crippen molar-refractivity contribution in [3.63, 3.8) is 0 Å². The average Bonchev–Trinajstić information content (AvgIpc) is 2.76. The standard InChI is InChI=1S/C22H19N3.C2H6/c1-16-9-8-14-19(15-16)22-24-20(17-10-4-2-5-11-17)23-21(25-22)18-12-6-3-7-13-18;1-2/h2,4-6,8-15H,3,7H2,1H3;1-2H3. The summed E-state index contributed by atoms with van der Waals surface area (Å²) in [4.78, 5) is 14.2. The van der Waals surface area contributed by atoms with Crippen LogP contribution in [0.5, 0.6) is 0 Å². The lowest BCUT2D eigenvalue weighted by atomic mass is 10.1. The number of benzene rings is 2. The Balaban J connectivity index is 0.00000102. The molecule has 1 aliphatic rings. The molecule has 0 amide bonds. The van der Waals surface area contributed by atoms with Gasteiger partial charge in [-0.25, -0.2) is 15.0 Å². The van der Waals surface area contributed by atoms with Crippen molar-refractivity contribution in [1.82, 2.24) is 15.0 Å². The Bertz CT molecular complexity index is 956. The first-order chi connectivity index (χ1) is 13.3. The third-order valence-electron chi connectivity index (χ3n) is 4.20. The van der Waals surface area contributed by atoms with Crippen molar-refractivity contribution in [3.05, 3.63) is 84.2 Å². The summed E-state index contributed by atoms with van der Waals surface area (Å²) in [6.45, 7) is 6.08. The van der Waals surface area contributed by atoms with Gasteiger partial charge in [-0.15, -0.1) is 0 Å². The summed E-state index contributed by atoms with van der Waals surface area (Å²) in [7, 11) is 0. The minimum Gasteiger partial charge on any atom is -0.208 e. The smallest absolute Gasteiger partial charge is 0.164 e. The molecule has 0 fully saturated rings. The summed E-state index contributed by atoms with van der Waals surface area (Å²) >= 11 is 0. The maximum Gasteiger partial charge on any atom is 0.164 e. The molecule has 0 radical (unpaired) electrons. The van der Waals surface area contributed by atoms with E-state index in [4.69, 9.17) is 15.0 Å². The predicted octanol–water partition coefficient (Wildman–Crippen LogP) is 6.27. The zero-order valence-corrected chi connectivity index (χ0v) is 16.2. The Labute approximate surface area is 161 Å². The SMILES string of the molecule is CC.Cc1cccc(-c2nc(C3=CCCC=C3)nc(-c3ccccc3)n2)c1. The van der Waals surface area contributed by atoms with Gasteiger partial charge in [0.25, 0.3) is 0 Å². The predicted molar refractivity (Wildman–Crippen MR) is 113 cm³/mol. The first kappa shape index (κ1) is 18.7. The summed E-state index contributed by atoms with van der Waals surface area (Å²) in [6, 6.07) is 18.3. The van der Waals surface area contributed by atoms with Crippen molar-refractivity contribution < 1.29 is 0 Å². The zero-order valence-electron chi connectivity index (χ0n) is 16.2. The molecule has 1 heterocycles. The highest BCUT2D eigenvalue weighted by Crippen LogP contribution is 2.25. The topological polar surface area (TPSA) is 38.7 Å². The fourth-order valence-corrected chi connectivity index (χ4v) is 2.91. The number of nitrogens with zero attached hydrogens (tertiary/aromatic N) is 3. The second kappa shape index (κ2) is 9.04. The molecule has 1 aliphatic carbocycles. The van der Waals surface area contributed by atoms with Gasteiger partial charge in [0.05, 0.1) is 0 Å². The van der Waals surface area contributed by atoms with Crippen LogP contribution < -0.4 is 0 Å². The van der Waals surface area contributed by atoms with Crippen LogP contribution in [-0.2, 0) is 0 Å². The van der Waals surface area contributed by atoms with E-state index in [2.05, 4.69) is 37.3 Å². The Kier molecular flexibility index (Phi) is 6.26. The van der Waals surface area contributed by atoms with E-state index in [-0.39, 0.29) is 0 Å². The minimum atomic E-state index is 0.710. The molecule has 2 aromatic carbocycles. The molecule has 0 spiro atoms. The van der Waals surface area contributed by atoms with Crippen molar-refractivity contribution in [2.75, 3.05) is 0 Å². The maximum atomic E-state index is 4.75. The normalized spacial score (nSPS) is 12.8. The Morgan fingerprint density at radius 3 is 2.04 bits per heavy atom. The van der Waals surface area contributed by atoms with Crippen molar-refractivity contribution >= 4 is 5.57 Å². The molecule has 4 rings (SSSR count). The number of hydrogen-bond donors (Lipinski definition) is 0. The van der Waals surface area contributed by atoms with Crippen LogP contribution in [0.2, 0.25) is 0 Å². The lowest BCUT2D eigenvalue weighted by Crippen LogP contribution is -2.03. The number of aromatic nitrogens is 3. The van der Waals surface area contributed by atoms with Gasteiger partial charge in [0, 0.05) is 16.7 Å². The maximum absolute atomic E-state index is 4.75. The van der Waals surface area contributed by atoms with E-state index >= 15 is 0 Å². The van der Waals surface area contributed by atoms with E-state index in [1.165, 1.54) is 5.56 Å². The van der Waals surface area contributed by atoms with Crippen molar-refractivity contribution in [1.29, 1.82) is 0 Å². The third-order valence-corrected chi connectivity index (χ3v) is 4.20. The molecular formula is C24H25N3. The van der Waals surface area contributed by atoms with Crippen LogP contribution in [0.25, 0.3) is 28.3 Å². The second-order valence-corrected chi connectivity index (χ2v) is 6.18. The molecule has 0 unspecified atom stereocenters. The second-order valence-electron chi connectivity index (χ2n) is 6.18. The molecule has 1 aromatic heterocycles. The van der Waals surface area contributed by atoms with Crippen molar-refractivity contribution in [2.45, 2.75) is 33.6 Å². The Hall–Kier alpha value is -3.07. The monoisotopic (exact) mass is 355 g/mol. The van der Waals surface area contributed by atoms with Crippen LogP contribution in [0.1, 0.15) is 38.1 Å². The van der Waals surface area contributed by atoms with Crippen LogP contribution in [0.4, 0.5) is 0 Å². The van der Waals surface area contributed by atoms with E-state index in [0.29, 0.717) is 11.6 Å². The molecule has 27 heavy (non-hydrogen) atoms. The molecule has 0 atom stereocenters. The van der Waals surface area contributed by atoms with Gasteiger partial charge in [0.1, 0.15) is 0 Å². The van der Waals surface area contributed by atoms with E-state index in [1.54, 1.807) is 0 Å². The first-order valence-corrected chi connectivity index (χ1v) is 9.55.